The normalized spacial score (nSPS) is 22.9. The topological polar surface area (TPSA) is 95.0 Å². The van der Waals surface area contributed by atoms with E-state index in [1.54, 1.807) is 28.5 Å². The van der Waals surface area contributed by atoms with Crippen molar-refractivity contribution in [1.82, 2.24) is 4.31 Å². The number of thiophene rings is 2. The molecule has 1 atom stereocenters. The van der Waals surface area contributed by atoms with Crippen LogP contribution >= 0.6 is 22.7 Å². The second-order valence-electron chi connectivity index (χ2n) is 11.0. The molecule has 0 bridgehead atoms. The lowest BCUT2D eigenvalue weighted by atomic mass is 9.82. The van der Waals surface area contributed by atoms with Crippen molar-refractivity contribution < 1.29 is 23.1 Å². The fraction of sp³-hybridized carbons (Fsp3) is 0.556. The van der Waals surface area contributed by atoms with Crippen molar-refractivity contribution in [2.45, 2.75) is 70.1 Å². The Morgan fingerprint density at radius 1 is 1.16 bits per heavy atom. The number of aromatic carboxylic acids is 1. The first-order valence-electron chi connectivity index (χ1n) is 12.6. The molecule has 37 heavy (non-hydrogen) atoms. The minimum Gasteiger partial charge on any atom is -0.477 e. The van der Waals surface area contributed by atoms with E-state index in [-0.39, 0.29) is 39.4 Å². The molecular weight excluding hydrogens is 529 g/mol. The molecule has 0 aromatic carbocycles. The summed E-state index contributed by atoms with van der Waals surface area (Å²) >= 11 is 2.23. The van der Waals surface area contributed by atoms with Crippen LogP contribution in [0.4, 0.5) is 5.69 Å². The molecule has 2 aromatic rings. The predicted octanol–water partition coefficient (Wildman–Crippen LogP) is 5.53. The molecular formula is C27H34N2O5S3. The van der Waals surface area contributed by atoms with Gasteiger partial charge in [0, 0.05) is 24.4 Å². The Labute approximate surface area is 227 Å². The van der Waals surface area contributed by atoms with Crippen LogP contribution < -0.4 is 4.90 Å². The van der Waals surface area contributed by atoms with Gasteiger partial charge in [-0.15, -0.1) is 22.7 Å². The van der Waals surface area contributed by atoms with Crippen molar-refractivity contribution in [2.24, 2.45) is 17.3 Å². The minimum absolute atomic E-state index is 0.0651. The van der Waals surface area contributed by atoms with E-state index < -0.39 is 22.0 Å². The summed E-state index contributed by atoms with van der Waals surface area (Å²) in [5.41, 5.74) is 0.0731. The monoisotopic (exact) mass is 562 g/mol. The van der Waals surface area contributed by atoms with E-state index in [1.807, 2.05) is 20.8 Å². The lowest BCUT2D eigenvalue weighted by Gasteiger charge is -2.34. The number of amides is 1. The lowest BCUT2D eigenvalue weighted by Crippen LogP contribution is -2.46. The largest absolute Gasteiger partial charge is 0.477 e. The van der Waals surface area contributed by atoms with Gasteiger partial charge in [-0.1, -0.05) is 24.8 Å². The minimum atomic E-state index is -3.67. The molecule has 1 N–H and O–H groups in total. The number of nitrogens with zero attached hydrogens (tertiary/aromatic N) is 2. The van der Waals surface area contributed by atoms with Crippen molar-refractivity contribution in [1.29, 1.82) is 0 Å². The second-order valence-corrected chi connectivity index (χ2v) is 15.2. The van der Waals surface area contributed by atoms with Crippen LogP contribution in [0.2, 0.25) is 0 Å². The Bertz CT molecular complexity index is 1300. The third-order valence-electron chi connectivity index (χ3n) is 6.91. The number of anilines is 1. The summed E-state index contributed by atoms with van der Waals surface area (Å²) in [7, 11) is -3.67. The summed E-state index contributed by atoms with van der Waals surface area (Å²) in [6.45, 7) is 8.53. The van der Waals surface area contributed by atoms with Crippen LogP contribution in [0.25, 0.3) is 0 Å². The van der Waals surface area contributed by atoms with Gasteiger partial charge in [0.1, 0.15) is 9.09 Å². The highest BCUT2D eigenvalue weighted by Crippen LogP contribution is 2.38. The Kier molecular flexibility index (Phi) is 8.19. The Balaban J connectivity index is 1.72. The van der Waals surface area contributed by atoms with E-state index in [4.69, 9.17) is 0 Å². The zero-order chi connectivity index (χ0) is 27.0. The maximum Gasteiger partial charge on any atom is 0.348 e. The first-order valence-corrected chi connectivity index (χ1v) is 15.8. The molecule has 0 radical (unpaired) electrons. The molecule has 1 saturated carbocycles. The fourth-order valence-electron chi connectivity index (χ4n) is 4.90. The zero-order valence-corrected chi connectivity index (χ0v) is 24.1. The third kappa shape index (κ3) is 6.28. The van der Waals surface area contributed by atoms with Gasteiger partial charge in [0.2, 0.25) is 5.91 Å². The second kappa shape index (κ2) is 10.9. The Hall–Kier alpha value is -2.19. The molecule has 200 valence electrons. The van der Waals surface area contributed by atoms with Crippen LogP contribution in [0.3, 0.4) is 0 Å². The summed E-state index contributed by atoms with van der Waals surface area (Å²) in [5.74, 6) is 5.36. The van der Waals surface area contributed by atoms with Crippen LogP contribution in [0, 0.1) is 29.1 Å². The van der Waals surface area contributed by atoms with E-state index in [0.717, 1.165) is 37.0 Å². The summed E-state index contributed by atoms with van der Waals surface area (Å²) in [4.78, 5) is 28.6. The summed E-state index contributed by atoms with van der Waals surface area (Å²) in [5, 5.41) is 11.8. The van der Waals surface area contributed by atoms with Crippen LogP contribution in [-0.2, 0) is 14.8 Å². The van der Waals surface area contributed by atoms with Crippen LogP contribution in [0.5, 0.6) is 0 Å². The average Bonchev–Trinajstić information content (AvgIpc) is 3.59. The quantitative estimate of drug-likeness (QED) is 0.467. The molecule has 0 unspecified atom stereocenters. The number of carbonyl (C=O) groups excluding carboxylic acids is 1. The van der Waals surface area contributed by atoms with Crippen molar-refractivity contribution in [2.75, 3.05) is 18.0 Å². The van der Waals surface area contributed by atoms with E-state index in [9.17, 15) is 23.1 Å². The van der Waals surface area contributed by atoms with Crippen LogP contribution in [0.1, 0.15) is 74.3 Å². The molecule has 7 nitrogen and oxygen atoms in total. The molecule has 4 rings (SSSR count). The SMILES string of the molecule is CC1CCC(C(=O)N(c2cc(C#CC(C)(C)C)sc2C(=O)O)[C@H]2CCN(S(=O)(=O)c3cccs3)C2)CC1. The molecule has 2 aliphatic rings. The van der Waals surface area contributed by atoms with Crippen LogP contribution in [-0.4, -0.2) is 48.8 Å². The van der Waals surface area contributed by atoms with Crippen molar-refractivity contribution >= 4 is 50.3 Å². The molecule has 1 saturated heterocycles. The zero-order valence-electron chi connectivity index (χ0n) is 21.7. The van der Waals surface area contributed by atoms with E-state index in [2.05, 4.69) is 18.8 Å². The standard InChI is InChI=1S/C27H34N2O5S3/c1-18-7-9-19(10-8-18)25(30)29(20-12-14-28(17-20)37(33,34)23-6-5-15-35-23)22-16-21(11-13-27(2,3)4)36-24(22)26(31)32/h5-6,15-16,18-20H,7-10,12,14,17H2,1-4H3,(H,31,32)/t18?,19?,20-/m0/s1. The van der Waals surface area contributed by atoms with Gasteiger partial charge in [-0.05, 0) is 76.3 Å². The van der Waals surface area contributed by atoms with Crippen molar-refractivity contribution in [3.8, 4) is 11.8 Å². The van der Waals surface area contributed by atoms with Gasteiger partial charge in [0.15, 0.2) is 0 Å². The van der Waals surface area contributed by atoms with Gasteiger partial charge in [-0.3, -0.25) is 4.79 Å². The average molecular weight is 563 g/mol. The first kappa shape index (κ1) is 27.8. The van der Waals surface area contributed by atoms with Gasteiger partial charge in [0.25, 0.3) is 10.0 Å². The Morgan fingerprint density at radius 2 is 1.86 bits per heavy atom. The maximum absolute atomic E-state index is 14.0. The molecule has 2 aromatic heterocycles. The van der Waals surface area contributed by atoms with Crippen molar-refractivity contribution in [3.05, 3.63) is 33.3 Å². The predicted molar refractivity (Wildman–Crippen MR) is 148 cm³/mol. The molecule has 1 amide bonds. The van der Waals surface area contributed by atoms with E-state index in [1.165, 1.54) is 15.6 Å². The highest BCUT2D eigenvalue weighted by Gasteiger charge is 2.41. The fourth-order valence-corrected chi connectivity index (χ4v) is 8.38. The van der Waals surface area contributed by atoms with Gasteiger partial charge in [-0.25, -0.2) is 13.2 Å². The number of carboxylic acids is 1. The number of hydrogen-bond donors (Lipinski definition) is 1. The summed E-state index contributed by atoms with van der Waals surface area (Å²) < 4.78 is 28.1. The number of sulfonamides is 1. The molecule has 10 heteroatoms. The first-order chi connectivity index (χ1) is 17.4. The van der Waals surface area contributed by atoms with Crippen LogP contribution in [0.15, 0.2) is 27.8 Å². The number of carboxylic acid groups (broad SMARTS) is 1. The maximum atomic E-state index is 14.0. The number of rotatable bonds is 6. The molecule has 0 spiro atoms. The smallest absolute Gasteiger partial charge is 0.348 e. The molecule has 3 heterocycles. The van der Waals surface area contributed by atoms with Gasteiger partial charge in [0.05, 0.1) is 16.6 Å². The summed E-state index contributed by atoms with van der Waals surface area (Å²) in [6.07, 6.45) is 3.85. The number of hydrogen-bond acceptors (Lipinski definition) is 6. The molecule has 2 fully saturated rings. The highest BCUT2D eigenvalue weighted by atomic mass is 32.2. The van der Waals surface area contributed by atoms with Gasteiger partial charge < -0.3 is 10.0 Å². The number of carbonyl (C=O) groups is 2. The lowest BCUT2D eigenvalue weighted by molar-refractivity contribution is -0.124. The van der Waals surface area contributed by atoms with Gasteiger partial charge >= 0.3 is 5.97 Å². The van der Waals surface area contributed by atoms with E-state index in [0.29, 0.717) is 22.9 Å². The summed E-state index contributed by atoms with van der Waals surface area (Å²) in [6, 6.07) is 4.54. The van der Waals surface area contributed by atoms with Gasteiger partial charge in [-0.2, -0.15) is 4.31 Å². The highest BCUT2D eigenvalue weighted by molar-refractivity contribution is 7.91. The van der Waals surface area contributed by atoms with Crippen molar-refractivity contribution in [3.63, 3.8) is 0 Å². The molecule has 1 aliphatic carbocycles. The van der Waals surface area contributed by atoms with E-state index >= 15 is 0 Å². The third-order valence-corrected chi connectivity index (χ3v) is 11.2. The molecule has 1 aliphatic heterocycles. The Morgan fingerprint density at radius 3 is 2.46 bits per heavy atom.